The molecule has 0 atom stereocenters. The molecule has 0 spiro atoms. The molecular formula is C18H20F2N4OS. The summed E-state index contributed by atoms with van der Waals surface area (Å²) in [7, 11) is 0. The van der Waals surface area contributed by atoms with Crippen molar-refractivity contribution in [3.8, 4) is 11.3 Å². The predicted molar refractivity (Wildman–Crippen MR) is 97.6 cm³/mol. The van der Waals surface area contributed by atoms with Gasteiger partial charge in [-0.1, -0.05) is 12.1 Å². The molecule has 2 heterocycles. The molecule has 3 N–H and O–H groups in total. The first-order chi connectivity index (χ1) is 12.4. The first-order valence-electron chi connectivity index (χ1n) is 8.52. The molecule has 8 heteroatoms. The molecular weight excluding hydrogens is 358 g/mol. The van der Waals surface area contributed by atoms with E-state index in [9.17, 15) is 13.9 Å². The number of nitrogens with two attached hydrogens (primary N) is 1. The van der Waals surface area contributed by atoms with Crippen LogP contribution in [0.5, 0.6) is 0 Å². The van der Waals surface area contributed by atoms with E-state index >= 15 is 0 Å². The van der Waals surface area contributed by atoms with Crippen LogP contribution in [0.4, 0.5) is 14.7 Å². The fourth-order valence-electron chi connectivity index (χ4n) is 3.47. The van der Waals surface area contributed by atoms with Crippen LogP contribution in [0.1, 0.15) is 23.2 Å². The van der Waals surface area contributed by atoms with Crippen molar-refractivity contribution in [3.05, 3.63) is 35.0 Å². The van der Waals surface area contributed by atoms with Crippen LogP contribution >= 0.6 is 11.8 Å². The molecule has 1 aromatic heterocycles. The van der Waals surface area contributed by atoms with E-state index in [0.29, 0.717) is 30.9 Å². The number of hydrogen-bond donors (Lipinski definition) is 2. The third-order valence-electron chi connectivity index (χ3n) is 4.96. The van der Waals surface area contributed by atoms with Crippen molar-refractivity contribution in [1.82, 2.24) is 9.97 Å². The van der Waals surface area contributed by atoms with E-state index in [0.717, 1.165) is 16.0 Å². The molecule has 1 aliphatic carbocycles. The number of nitrogens with zero attached hydrogens (tertiary/aromatic N) is 3. The largest absolute Gasteiger partial charge is 0.389 e. The van der Waals surface area contributed by atoms with Crippen LogP contribution < -0.4 is 10.6 Å². The van der Waals surface area contributed by atoms with Crippen LogP contribution in [0.3, 0.4) is 0 Å². The maximum atomic E-state index is 14.4. The first kappa shape index (κ1) is 17.6. The smallest absolute Gasteiger partial charge is 0.290 e. The Hall–Kier alpha value is -1.77. The lowest BCUT2D eigenvalue weighted by Crippen LogP contribution is -2.51. The maximum Gasteiger partial charge on any atom is 0.290 e. The monoisotopic (exact) mass is 378 g/mol. The van der Waals surface area contributed by atoms with Crippen molar-refractivity contribution in [2.24, 2.45) is 5.73 Å². The highest BCUT2D eigenvalue weighted by molar-refractivity contribution is 7.98. The molecule has 1 aliphatic heterocycles. The summed E-state index contributed by atoms with van der Waals surface area (Å²) in [5.41, 5.74) is 8.49. The van der Waals surface area contributed by atoms with Gasteiger partial charge in [0.1, 0.15) is 5.69 Å². The van der Waals surface area contributed by atoms with Crippen molar-refractivity contribution in [2.75, 3.05) is 24.2 Å². The van der Waals surface area contributed by atoms with Crippen LogP contribution in [0.15, 0.2) is 23.1 Å². The van der Waals surface area contributed by atoms with Gasteiger partial charge in [-0.3, -0.25) is 0 Å². The standard InChI is InChI=1S/C18H20F2N4OS/c1-26-14-6-10(2-3-11(14)7-21)15-13-4-5-18(19,20)16(13)23-17(22-15)24-8-12(25)9-24/h2-3,6,12,25H,4-5,7-9,21H2,1H3. The summed E-state index contributed by atoms with van der Waals surface area (Å²) < 4.78 is 28.7. The zero-order valence-electron chi connectivity index (χ0n) is 14.4. The Balaban J connectivity index is 1.85. The minimum Gasteiger partial charge on any atom is -0.389 e. The van der Waals surface area contributed by atoms with E-state index in [1.54, 1.807) is 16.7 Å². The van der Waals surface area contributed by atoms with Gasteiger partial charge in [0.25, 0.3) is 5.92 Å². The van der Waals surface area contributed by atoms with Crippen molar-refractivity contribution < 1.29 is 13.9 Å². The molecule has 0 bridgehead atoms. The number of thioether (sulfide) groups is 1. The molecule has 138 valence electrons. The molecule has 5 nitrogen and oxygen atoms in total. The van der Waals surface area contributed by atoms with E-state index < -0.39 is 12.0 Å². The fourth-order valence-corrected chi connectivity index (χ4v) is 4.13. The second-order valence-electron chi connectivity index (χ2n) is 6.69. The maximum absolute atomic E-state index is 14.4. The fraction of sp³-hybridized carbons (Fsp3) is 0.444. The zero-order chi connectivity index (χ0) is 18.5. The molecule has 0 saturated carbocycles. The number of aliphatic hydroxyl groups is 1. The summed E-state index contributed by atoms with van der Waals surface area (Å²) in [6.07, 6.45) is 1.52. The molecule has 26 heavy (non-hydrogen) atoms. The Morgan fingerprint density at radius 1 is 1.35 bits per heavy atom. The van der Waals surface area contributed by atoms with Crippen LogP contribution in [0.25, 0.3) is 11.3 Å². The van der Waals surface area contributed by atoms with E-state index in [4.69, 9.17) is 5.73 Å². The van der Waals surface area contributed by atoms with Gasteiger partial charge in [0.2, 0.25) is 5.95 Å². The summed E-state index contributed by atoms with van der Waals surface area (Å²) in [5, 5.41) is 9.53. The summed E-state index contributed by atoms with van der Waals surface area (Å²) in [6.45, 7) is 1.16. The number of fused-ring (bicyclic) bond motifs is 1. The van der Waals surface area contributed by atoms with Gasteiger partial charge in [-0.15, -0.1) is 11.8 Å². The first-order valence-corrected chi connectivity index (χ1v) is 9.75. The van der Waals surface area contributed by atoms with Crippen molar-refractivity contribution in [3.63, 3.8) is 0 Å². The number of hydrogen-bond acceptors (Lipinski definition) is 6. The lowest BCUT2D eigenvalue weighted by Gasteiger charge is -2.36. The molecule has 0 unspecified atom stereocenters. The summed E-state index contributed by atoms with van der Waals surface area (Å²) in [4.78, 5) is 11.5. The number of aromatic nitrogens is 2. The number of rotatable bonds is 4. The number of alkyl halides is 2. The molecule has 2 aliphatic rings. The third kappa shape index (κ3) is 2.86. The molecule has 1 aromatic carbocycles. The van der Waals surface area contributed by atoms with Gasteiger partial charge in [-0.05, 0) is 24.3 Å². The Morgan fingerprint density at radius 2 is 2.12 bits per heavy atom. The third-order valence-corrected chi connectivity index (χ3v) is 5.78. The minimum absolute atomic E-state index is 0.174. The predicted octanol–water partition coefficient (Wildman–Crippen LogP) is 2.54. The Morgan fingerprint density at radius 3 is 2.77 bits per heavy atom. The highest BCUT2D eigenvalue weighted by Crippen LogP contribution is 2.45. The molecule has 0 amide bonds. The van der Waals surface area contributed by atoms with Gasteiger partial charge in [0.15, 0.2) is 0 Å². The van der Waals surface area contributed by atoms with Crippen LogP contribution in [0, 0.1) is 0 Å². The van der Waals surface area contributed by atoms with E-state index in [1.165, 1.54) is 0 Å². The van der Waals surface area contributed by atoms with E-state index in [-0.39, 0.29) is 24.5 Å². The second kappa shape index (κ2) is 6.44. The normalized spacial score (nSPS) is 18.7. The van der Waals surface area contributed by atoms with Gasteiger partial charge >= 0.3 is 0 Å². The molecule has 4 rings (SSSR count). The number of anilines is 1. The molecule has 1 saturated heterocycles. The lowest BCUT2D eigenvalue weighted by atomic mass is 10.0. The van der Waals surface area contributed by atoms with Crippen molar-refractivity contribution in [1.29, 1.82) is 0 Å². The Labute approximate surface area is 154 Å². The topological polar surface area (TPSA) is 75.3 Å². The number of halogens is 2. The Bertz CT molecular complexity index is 855. The van der Waals surface area contributed by atoms with Gasteiger partial charge in [-0.25, -0.2) is 9.97 Å². The summed E-state index contributed by atoms with van der Waals surface area (Å²) >= 11 is 1.57. The molecule has 1 fully saturated rings. The van der Waals surface area contributed by atoms with Gasteiger partial charge in [-0.2, -0.15) is 8.78 Å². The van der Waals surface area contributed by atoms with E-state index in [2.05, 4.69) is 9.97 Å². The average Bonchev–Trinajstić information content (AvgIpc) is 2.92. The van der Waals surface area contributed by atoms with Crippen molar-refractivity contribution >= 4 is 17.7 Å². The molecule has 0 radical (unpaired) electrons. The Kier molecular flexibility index (Phi) is 4.37. The van der Waals surface area contributed by atoms with Crippen LogP contribution in [-0.4, -0.2) is 40.5 Å². The number of benzene rings is 1. The van der Waals surface area contributed by atoms with Gasteiger partial charge in [0, 0.05) is 42.1 Å². The van der Waals surface area contributed by atoms with Gasteiger partial charge in [0.05, 0.1) is 11.8 Å². The second-order valence-corrected chi connectivity index (χ2v) is 7.54. The minimum atomic E-state index is -2.94. The molecule has 2 aromatic rings. The quantitative estimate of drug-likeness (QED) is 0.797. The SMILES string of the molecule is CSc1cc(-c2nc(N3CC(O)C3)nc3c2CCC3(F)F)ccc1CN. The van der Waals surface area contributed by atoms with Crippen LogP contribution in [0.2, 0.25) is 0 Å². The average molecular weight is 378 g/mol. The number of β-amino-alcohol motifs (C(OH)–C–C–N with tert-alkyl or cyclic N) is 1. The number of aliphatic hydroxyl groups excluding tert-OH is 1. The summed E-state index contributed by atoms with van der Waals surface area (Å²) in [5.74, 6) is -2.68. The summed E-state index contributed by atoms with van der Waals surface area (Å²) in [6, 6.07) is 5.77. The van der Waals surface area contributed by atoms with Crippen molar-refractivity contribution in [2.45, 2.75) is 36.3 Å². The highest BCUT2D eigenvalue weighted by atomic mass is 32.2. The van der Waals surface area contributed by atoms with Crippen LogP contribution in [-0.2, 0) is 18.9 Å². The van der Waals surface area contributed by atoms with E-state index in [1.807, 2.05) is 24.5 Å². The lowest BCUT2D eigenvalue weighted by molar-refractivity contribution is -0.00596. The highest BCUT2D eigenvalue weighted by Gasteiger charge is 2.44. The zero-order valence-corrected chi connectivity index (χ0v) is 15.2. The van der Waals surface area contributed by atoms with Gasteiger partial charge < -0.3 is 15.7 Å².